The highest BCUT2D eigenvalue weighted by Crippen LogP contribution is 1.91. The molecule has 6 N–H and O–H groups in total. The van der Waals surface area contributed by atoms with Gasteiger partial charge in [-0.3, -0.25) is 10.8 Å². The molecule has 0 spiro atoms. The minimum absolute atomic E-state index is 0. The number of nitrogens with two attached hydrogens (primary N) is 2. The van der Waals surface area contributed by atoms with Gasteiger partial charge < -0.3 is 11.5 Å². The average molecular weight is 165 g/mol. The van der Waals surface area contributed by atoms with Crippen molar-refractivity contribution in [2.75, 3.05) is 0 Å². The van der Waals surface area contributed by atoms with E-state index < -0.39 is 0 Å². The molecule has 0 bridgehead atoms. The standard InChI is InChI=1S/C5H12N4.ClH/c6-4(7)2-1-3-5(8)9;/h1-3H2,(H3,6,7)(H3,8,9);1H. The summed E-state index contributed by atoms with van der Waals surface area (Å²) in [6, 6.07) is 0. The molecule has 0 saturated carbocycles. The molecule has 4 nitrogen and oxygen atoms in total. The summed E-state index contributed by atoms with van der Waals surface area (Å²) in [5.74, 6) is 0.326. The van der Waals surface area contributed by atoms with Crippen molar-refractivity contribution in [1.82, 2.24) is 0 Å². The molecule has 0 radical (unpaired) electrons. The van der Waals surface area contributed by atoms with Crippen LogP contribution in [0.5, 0.6) is 0 Å². The highest BCUT2D eigenvalue weighted by Gasteiger charge is 1.91. The minimum Gasteiger partial charge on any atom is -0.388 e. The van der Waals surface area contributed by atoms with Gasteiger partial charge in [0.15, 0.2) is 0 Å². The van der Waals surface area contributed by atoms with Crippen LogP contribution in [-0.2, 0) is 0 Å². The normalized spacial score (nSPS) is 8.00. The fourth-order valence-electron chi connectivity index (χ4n) is 0.469. The predicted octanol–water partition coefficient (Wildman–Crippen LogP) is 0.450. The molecule has 5 heteroatoms. The number of nitrogens with one attached hydrogen (secondary N) is 2. The van der Waals surface area contributed by atoms with Crippen molar-refractivity contribution in [3.8, 4) is 0 Å². The number of hydrogen-bond acceptors (Lipinski definition) is 2. The third-order valence-corrected chi connectivity index (χ3v) is 0.892. The van der Waals surface area contributed by atoms with E-state index >= 15 is 0 Å². The van der Waals surface area contributed by atoms with E-state index in [1.807, 2.05) is 0 Å². The molecule has 0 unspecified atom stereocenters. The lowest BCUT2D eigenvalue weighted by atomic mass is 10.2. The predicted molar refractivity (Wildman–Crippen MR) is 44.9 cm³/mol. The second-order valence-electron chi connectivity index (χ2n) is 1.90. The van der Waals surface area contributed by atoms with Crippen LogP contribution in [0.15, 0.2) is 0 Å². The molecule has 10 heavy (non-hydrogen) atoms. The molecule has 0 aliphatic heterocycles. The molecule has 0 rings (SSSR count). The van der Waals surface area contributed by atoms with Crippen molar-refractivity contribution in [3.05, 3.63) is 0 Å². The van der Waals surface area contributed by atoms with Crippen molar-refractivity contribution < 1.29 is 0 Å². The Balaban J connectivity index is 0. The van der Waals surface area contributed by atoms with E-state index in [-0.39, 0.29) is 24.1 Å². The average Bonchev–Trinajstić information content (AvgIpc) is 1.63. The minimum atomic E-state index is 0. The molecule has 60 valence electrons. The zero-order chi connectivity index (χ0) is 7.28. The molecule has 0 fully saturated rings. The zero-order valence-corrected chi connectivity index (χ0v) is 6.50. The fourth-order valence-corrected chi connectivity index (χ4v) is 0.469. The second-order valence-corrected chi connectivity index (χ2v) is 1.90. The Morgan fingerprint density at radius 2 is 1.30 bits per heavy atom. The summed E-state index contributed by atoms with van der Waals surface area (Å²) in [5.41, 5.74) is 10.1. The van der Waals surface area contributed by atoms with Gasteiger partial charge in [-0.25, -0.2) is 0 Å². The van der Waals surface area contributed by atoms with E-state index in [1.54, 1.807) is 0 Å². The lowest BCUT2D eigenvalue weighted by Crippen LogP contribution is -2.13. The number of rotatable bonds is 4. The maximum absolute atomic E-state index is 6.81. The number of halogens is 1. The highest BCUT2D eigenvalue weighted by atomic mass is 35.5. The lowest BCUT2D eigenvalue weighted by Gasteiger charge is -1.95. The van der Waals surface area contributed by atoms with Crippen LogP contribution in [0, 0.1) is 10.8 Å². The summed E-state index contributed by atoms with van der Waals surface area (Å²) in [7, 11) is 0. The molecule has 0 heterocycles. The summed E-state index contributed by atoms with van der Waals surface area (Å²) in [5, 5.41) is 13.6. The van der Waals surface area contributed by atoms with Crippen LogP contribution < -0.4 is 11.5 Å². The number of hydrogen-bond donors (Lipinski definition) is 4. The molecule has 0 amide bonds. The summed E-state index contributed by atoms with van der Waals surface area (Å²) < 4.78 is 0. The van der Waals surface area contributed by atoms with Gasteiger partial charge in [-0.2, -0.15) is 0 Å². The van der Waals surface area contributed by atoms with Crippen LogP contribution in [0.4, 0.5) is 0 Å². The van der Waals surface area contributed by atoms with Gasteiger partial charge in [0.2, 0.25) is 0 Å². The van der Waals surface area contributed by atoms with Crippen molar-refractivity contribution >= 4 is 24.1 Å². The molecule has 0 aliphatic rings. The lowest BCUT2D eigenvalue weighted by molar-refractivity contribution is 0.900. The fraction of sp³-hybridized carbons (Fsp3) is 0.600. The monoisotopic (exact) mass is 164 g/mol. The first-order valence-corrected chi connectivity index (χ1v) is 2.78. The van der Waals surface area contributed by atoms with Crippen molar-refractivity contribution in [2.24, 2.45) is 11.5 Å². The Hall–Kier alpha value is -0.770. The first-order valence-electron chi connectivity index (χ1n) is 2.78. The Labute approximate surface area is 66.4 Å². The Morgan fingerprint density at radius 1 is 1.00 bits per heavy atom. The quantitative estimate of drug-likeness (QED) is 0.358. The number of amidine groups is 2. The second kappa shape index (κ2) is 6.35. The first kappa shape index (κ1) is 12.0. The maximum Gasteiger partial charge on any atom is 0.0905 e. The van der Waals surface area contributed by atoms with Gasteiger partial charge in [0.1, 0.15) is 0 Å². The van der Waals surface area contributed by atoms with Gasteiger partial charge in [0.05, 0.1) is 11.7 Å². The van der Waals surface area contributed by atoms with Crippen molar-refractivity contribution in [2.45, 2.75) is 19.3 Å². The third kappa shape index (κ3) is 10.3. The van der Waals surface area contributed by atoms with E-state index in [1.165, 1.54) is 0 Å². The first-order chi connectivity index (χ1) is 4.13. The smallest absolute Gasteiger partial charge is 0.0905 e. The van der Waals surface area contributed by atoms with Gasteiger partial charge in [0, 0.05) is 12.8 Å². The summed E-state index contributed by atoms with van der Waals surface area (Å²) in [6.07, 6.45) is 1.80. The van der Waals surface area contributed by atoms with Gasteiger partial charge in [-0.05, 0) is 6.42 Å². The van der Waals surface area contributed by atoms with E-state index in [9.17, 15) is 0 Å². The molecular formula is C5H13ClN4. The Bertz CT molecular complexity index is 109. The third-order valence-electron chi connectivity index (χ3n) is 0.892. The SMILES string of the molecule is Cl.N=C(N)CCCC(=N)N. The summed E-state index contributed by atoms with van der Waals surface area (Å²) in [4.78, 5) is 0. The van der Waals surface area contributed by atoms with Gasteiger partial charge in [0.25, 0.3) is 0 Å². The van der Waals surface area contributed by atoms with Gasteiger partial charge in [-0.15, -0.1) is 12.4 Å². The molecule has 0 atom stereocenters. The molecular weight excluding hydrogens is 152 g/mol. The maximum atomic E-state index is 6.81. The van der Waals surface area contributed by atoms with Crippen LogP contribution in [0.1, 0.15) is 19.3 Å². The van der Waals surface area contributed by atoms with E-state index in [0.29, 0.717) is 19.3 Å². The van der Waals surface area contributed by atoms with Crippen LogP contribution in [0.2, 0.25) is 0 Å². The summed E-state index contributed by atoms with van der Waals surface area (Å²) in [6.45, 7) is 0. The molecule has 0 saturated heterocycles. The topological polar surface area (TPSA) is 99.7 Å². The molecule has 0 aromatic heterocycles. The van der Waals surface area contributed by atoms with Gasteiger partial charge >= 0.3 is 0 Å². The van der Waals surface area contributed by atoms with Crippen molar-refractivity contribution in [1.29, 1.82) is 10.8 Å². The van der Waals surface area contributed by atoms with E-state index in [4.69, 9.17) is 22.3 Å². The highest BCUT2D eigenvalue weighted by molar-refractivity contribution is 5.85. The van der Waals surface area contributed by atoms with E-state index in [0.717, 1.165) is 0 Å². The molecule has 0 aliphatic carbocycles. The Kier molecular flexibility index (Phi) is 7.60. The largest absolute Gasteiger partial charge is 0.388 e. The van der Waals surface area contributed by atoms with Crippen LogP contribution >= 0.6 is 12.4 Å². The summed E-state index contributed by atoms with van der Waals surface area (Å²) >= 11 is 0. The van der Waals surface area contributed by atoms with Gasteiger partial charge in [-0.1, -0.05) is 0 Å². The zero-order valence-electron chi connectivity index (χ0n) is 5.68. The van der Waals surface area contributed by atoms with E-state index in [2.05, 4.69) is 0 Å². The molecule has 0 aromatic rings. The van der Waals surface area contributed by atoms with Crippen LogP contribution in [0.3, 0.4) is 0 Å². The van der Waals surface area contributed by atoms with Crippen LogP contribution in [-0.4, -0.2) is 11.7 Å². The van der Waals surface area contributed by atoms with Crippen LogP contribution in [0.25, 0.3) is 0 Å². The molecule has 0 aromatic carbocycles. The van der Waals surface area contributed by atoms with Crippen molar-refractivity contribution in [3.63, 3.8) is 0 Å². The Morgan fingerprint density at radius 3 is 1.50 bits per heavy atom.